The third-order valence-corrected chi connectivity index (χ3v) is 3.60. The first-order valence-electron chi connectivity index (χ1n) is 6.89. The van der Waals surface area contributed by atoms with Crippen molar-refractivity contribution in [3.05, 3.63) is 58.8 Å². The van der Waals surface area contributed by atoms with E-state index in [1.54, 1.807) is 24.5 Å². The first-order valence-corrected chi connectivity index (χ1v) is 7.27. The van der Waals surface area contributed by atoms with Gasteiger partial charge in [-0.15, -0.1) is 0 Å². The Morgan fingerprint density at radius 1 is 1.30 bits per heavy atom. The van der Waals surface area contributed by atoms with Crippen LogP contribution in [-0.4, -0.2) is 12.6 Å². The smallest absolute Gasteiger partial charge is 0.145 e. The predicted molar refractivity (Wildman–Crippen MR) is 79.6 cm³/mol. The molecule has 1 heterocycles. The lowest BCUT2D eigenvalue weighted by Crippen LogP contribution is -2.31. The van der Waals surface area contributed by atoms with E-state index in [2.05, 4.69) is 5.32 Å². The molecule has 0 amide bonds. The fourth-order valence-electron chi connectivity index (χ4n) is 2.31. The van der Waals surface area contributed by atoms with Crippen LogP contribution in [0.3, 0.4) is 0 Å². The van der Waals surface area contributed by atoms with Gasteiger partial charge in [0.2, 0.25) is 0 Å². The normalized spacial score (nSPS) is 12.6. The molecule has 0 bridgehead atoms. The Balaban J connectivity index is 1.99. The van der Waals surface area contributed by atoms with Gasteiger partial charge in [-0.3, -0.25) is 0 Å². The van der Waals surface area contributed by atoms with Crippen molar-refractivity contribution in [3.63, 3.8) is 0 Å². The van der Waals surface area contributed by atoms with Crippen LogP contribution >= 0.6 is 11.6 Å². The minimum absolute atomic E-state index is 0.184. The van der Waals surface area contributed by atoms with E-state index in [0.29, 0.717) is 12.0 Å². The van der Waals surface area contributed by atoms with Crippen LogP contribution in [-0.2, 0) is 12.8 Å². The molecule has 108 valence electrons. The van der Waals surface area contributed by atoms with Crippen LogP contribution in [0.25, 0.3) is 0 Å². The van der Waals surface area contributed by atoms with Crippen molar-refractivity contribution in [2.45, 2.75) is 32.2 Å². The Bertz CT molecular complexity index is 527. The van der Waals surface area contributed by atoms with E-state index in [4.69, 9.17) is 16.0 Å². The minimum Gasteiger partial charge on any atom is -0.469 e. The van der Waals surface area contributed by atoms with Gasteiger partial charge in [0.1, 0.15) is 11.6 Å². The summed E-state index contributed by atoms with van der Waals surface area (Å²) in [4.78, 5) is 0. The van der Waals surface area contributed by atoms with Gasteiger partial charge in [-0.2, -0.15) is 0 Å². The molecule has 1 atom stereocenters. The zero-order chi connectivity index (χ0) is 14.4. The molecule has 0 spiro atoms. The molecule has 0 saturated heterocycles. The summed E-state index contributed by atoms with van der Waals surface area (Å²) >= 11 is 5.82. The second-order valence-corrected chi connectivity index (χ2v) is 5.20. The lowest BCUT2D eigenvalue weighted by Gasteiger charge is -2.18. The molecule has 2 nitrogen and oxygen atoms in total. The van der Waals surface area contributed by atoms with E-state index in [1.807, 2.05) is 19.1 Å². The van der Waals surface area contributed by atoms with Crippen LogP contribution in [0.15, 0.2) is 41.0 Å². The van der Waals surface area contributed by atoms with Gasteiger partial charge >= 0.3 is 0 Å². The first kappa shape index (κ1) is 15.1. The van der Waals surface area contributed by atoms with Crippen molar-refractivity contribution in [3.8, 4) is 0 Å². The molecule has 2 rings (SSSR count). The van der Waals surface area contributed by atoms with Gasteiger partial charge in [0, 0.05) is 12.5 Å². The summed E-state index contributed by atoms with van der Waals surface area (Å²) < 4.78 is 19.3. The van der Waals surface area contributed by atoms with Crippen LogP contribution in [0.5, 0.6) is 0 Å². The highest BCUT2D eigenvalue weighted by Gasteiger charge is 2.13. The zero-order valence-electron chi connectivity index (χ0n) is 11.5. The van der Waals surface area contributed by atoms with Gasteiger partial charge in [0.05, 0.1) is 11.3 Å². The van der Waals surface area contributed by atoms with E-state index in [9.17, 15) is 4.39 Å². The summed E-state index contributed by atoms with van der Waals surface area (Å²) in [6, 6.07) is 9.20. The fraction of sp³-hybridized carbons (Fsp3) is 0.375. The number of rotatable bonds is 7. The number of nitrogens with one attached hydrogen (secondary N) is 1. The summed E-state index contributed by atoms with van der Waals surface area (Å²) in [5.74, 6) is 0.648. The maximum atomic E-state index is 13.9. The highest BCUT2D eigenvalue weighted by atomic mass is 35.5. The Morgan fingerprint density at radius 2 is 2.15 bits per heavy atom. The molecule has 1 aromatic carbocycles. The van der Waals surface area contributed by atoms with E-state index >= 15 is 0 Å². The fourth-order valence-corrected chi connectivity index (χ4v) is 2.50. The second kappa shape index (κ2) is 7.46. The predicted octanol–water partition coefficient (Wildman–Crippen LogP) is 4.23. The van der Waals surface area contributed by atoms with Crippen LogP contribution in [0.2, 0.25) is 5.02 Å². The highest BCUT2D eigenvalue weighted by Crippen LogP contribution is 2.20. The van der Waals surface area contributed by atoms with E-state index in [-0.39, 0.29) is 16.9 Å². The van der Waals surface area contributed by atoms with Crippen LogP contribution < -0.4 is 5.32 Å². The summed E-state index contributed by atoms with van der Waals surface area (Å²) in [5, 5.41) is 3.57. The molecule has 0 aliphatic heterocycles. The lowest BCUT2D eigenvalue weighted by molar-refractivity contribution is 0.443. The number of halogens is 2. The van der Waals surface area contributed by atoms with Gasteiger partial charge in [-0.25, -0.2) is 4.39 Å². The molecule has 0 aliphatic rings. The third kappa shape index (κ3) is 4.09. The van der Waals surface area contributed by atoms with Gasteiger partial charge in [-0.05, 0) is 43.1 Å². The van der Waals surface area contributed by atoms with E-state index < -0.39 is 0 Å². The zero-order valence-corrected chi connectivity index (χ0v) is 12.3. The standard InChI is InChI=1S/C16H19ClFNO/c1-2-19-13(8-9-14-6-4-10-20-14)11-12-5-3-7-15(17)16(12)18/h3-7,10,13,19H,2,8-9,11H2,1H3. The summed E-state index contributed by atoms with van der Waals surface area (Å²) in [7, 11) is 0. The first-order chi connectivity index (χ1) is 9.70. The molecule has 1 unspecified atom stereocenters. The molecule has 0 fully saturated rings. The van der Waals surface area contributed by atoms with Crippen molar-refractivity contribution in [1.82, 2.24) is 5.32 Å². The molecule has 0 radical (unpaired) electrons. The summed E-state index contributed by atoms with van der Waals surface area (Å²) in [6.07, 6.45) is 4.04. The molecule has 0 aliphatic carbocycles. The average Bonchev–Trinajstić information content (AvgIpc) is 2.94. The van der Waals surface area contributed by atoms with Crippen LogP contribution in [0, 0.1) is 5.82 Å². The number of furan rings is 1. The van der Waals surface area contributed by atoms with E-state index in [1.165, 1.54) is 0 Å². The molecule has 2 aromatic rings. The SMILES string of the molecule is CCNC(CCc1ccco1)Cc1cccc(Cl)c1F. The van der Waals surface area contributed by atoms with Crippen LogP contribution in [0.1, 0.15) is 24.7 Å². The number of hydrogen-bond donors (Lipinski definition) is 1. The maximum absolute atomic E-state index is 13.9. The minimum atomic E-state index is -0.310. The number of benzene rings is 1. The number of likely N-dealkylation sites (N-methyl/N-ethyl adjacent to an activating group) is 1. The van der Waals surface area contributed by atoms with Crippen molar-refractivity contribution >= 4 is 11.6 Å². The third-order valence-electron chi connectivity index (χ3n) is 3.31. The Hall–Kier alpha value is -1.32. The molecule has 0 saturated carbocycles. The second-order valence-electron chi connectivity index (χ2n) is 4.79. The van der Waals surface area contributed by atoms with Gasteiger partial charge in [0.25, 0.3) is 0 Å². The van der Waals surface area contributed by atoms with E-state index in [0.717, 1.165) is 25.1 Å². The van der Waals surface area contributed by atoms with Crippen LogP contribution in [0.4, 0.5) is 4.39 Å². The average molecular weight is 296 g/mol. The number of aryl methyl sites for hydroxylation is 1. The Kier molecular flexibility index (Phi) is 5.62. The topological polar surface area (TPSA) is 25.2 Å². The lowest BCUT2D eigenvalue weighted by atomic mass is 10.0. The highest BCUT2D eigenvalue weighted by molar-refractivity contribution is 6.30. The molecule has 20 heavy (non-hydrogen) atoms. The molecule has 4 heteroatoms. The molecule has 1 aromatic heterocycles. The van der Waals surface area contributed by atoms with Gasteiger partial charge in [-0.1, -0.05) is 30.7 Å². The van der Waals surface area contributed by atoms with Gasteiger partial charge < -0.3 is 9.73 Å². The number of hydrogen-bond acceptors (Lipinski definition) is 2. The van der Waals surface area contributed by atoms with Crippen molar-refractivity contribution < 1.29 is 8.81 Å². The largest absolute Gasteiger partial charge is 0.469 e. The maximum Gasteiger partial charge on any atom is 0.145 e. The van der Waals surface area contributed by atoms with Crippen molar-refractivity contribution in [1.29, 1.82) is 0 Å². The summed E-state index contributed by atoms with van der Waals surface area (Å²) in [5.41, 5.74) is 0.655. The van der Waals surface area contributed by atoms with Crippen molar-refractivity contribution in [2.75, 3.05) is 6.54 Å². The molecular weight excluding hydrogens is 277 g/mol. The Morgan fingerprint density at radius 3 is 2.85 bits per heavy atom. The quantitative estimate of drug-likeness (QED) is 0.827. The molecular formula is C16H19ClFNO. The summed E-state index contributed by atoms with van der Waals surface area (Å²) in [6.45, 7) is 2.90. The molecule has 1 N–H and O–H groups in total. The Labute approximate surface area is 123 Å². The monoisotopic (exact) mass is 295 g/mol. The van der Waals surface area contributed by atoms with Gasteiger partial charge in [0.15, 0.2) is 0 Å². The van der Waals surface area contributed by atoms with Crippen molar-refractivity contribution in [2.24, 2.45) is 0 Å².